The molecule has 0 saturated carbocycles. The van der Waals surface area contributed by atoms with Crippen molar-refractivity contribution in [2.75, 3.05) is 25.5 Å². The largest absolute Gasteiger partial charge is 0.486 e. The highest BCUT2D eigenvalue weighted by Gasteiger charge is 2.21. The molecule has 1 aliphatic heterocycles. The minimum atomic E-state index is -1.26. The summed E-state index contributed by atoms with van der Waals surface area (Å²) in [4.78, 5) is 12.6. The molecule has 0 aromatic heterocycles. The number of nitrogens with one attached hydrogen (secondary N) is 1. The third-order valence-electron chi connectivity index (χ3n) is 4.34. The van der Waals surface area contributed by atoms with E-state index in [4.69, 9.17) is 15.2 Å². The number of rotatable bonds is 8. The Morgan fingerprint density at radius 1 is 1.24 bits per heavy atom. The van der Waals surface area contributed by atoms with E-state index in [2.05, 4.69) is 5.32 Å². The number of halogens is 1. The maximum atomic E-state index is 12.4. The summed E-state index contributed by atoms with van der Waals surface area (Å²) < 4.78 is 23.3. The van der Waals surface area contributed by atoms with Crippen molar-refractivity contribution in [1.82, 2.24) is 5.32 Å². The molecule has 1 aliphatic rings. The molecule has 3 N–H and O–H groups in total. The highest BCUT2D eigenvalue weighted by Crippen LogP contribution is 2.31. The Morgan fingerprint density at radius 2 is 1.88 bits per heavy atom. The van der Waals surface area contributed by atoms with E-state index < -0.39 is 10.8 Å². The van der Waals surface area contributed by atoms with Crippen LogP contribution in [0.5, 0.6) is 11.5 Å². The lowest BCUT2D eigenvalue weighted by Gasteiger charge is -2.26. The van der Waals surface area contributed by atoms with Gasteiger partial charge in [0.2, 0.25) is 5.91 Å². The second-order valence-corrected chi connectivity index (χ2v) is 7.52. The van der Waals surface area contributed by atoms with Gasteiger partial charge >= 0.3 is 0 Å². The summed E-state index contributed by atoms with van der Waals surface area (Å²) in [6.07, 6.45) is 1.80. The van der Waals surface area contributed by atoms with Gasteiger partial charge in [0.25, 0.3) is 0 Å². The van der Waals surface area contributed by atoms with Gasteiger partial charge in [-0.3, -0.25) is 9.00 Å². The molecule has 1 amide bonds. The zero-order chi connectivity index (χ0) is 17.6. The Kier molecular flexibility index (Phi) is 8.68. The predicted octanol–water partition coefficient (Wildman–Crippen LogP) is 2.01. The quantitative estimate of drug-likeness (QED) is 0.708. The summed E-state index contributed by atoms with van der Waals surface area (Å²) in [6, 6.07) is 5.23. The number of amides is 1. The molecule has 1 aromatic carbocycles. The summed E-state index contributed by atoms with van der Waals surface area (Å²) >= 11 is 0. The highest BCUT2D eigenvalue weighted by molar-refractivity contribution is 7.85. The molecule has 0 aliphatic carbocycles. The summed E-state index contributed by atoms with van der Waals surface area (Å²) in [7, 11) is -1.26. The Labute approximate surface area is 157 Å². The number of hydrogen-bond donors (Lipinski definition) is 2. The van der Waals surface area contributed by atoms with Crippen molar-refractivity contribution in [2.24, 2.45) is 5.73 Å². The van der Waals surface area contributed by atoms with Gasteiger partial charge in [-0.15, -0.1) is 12.4 Å². The van der Waals surface area contributed by atoms with Gasteiger partial charge in [0, 0.05) is 35.2 Å². The molecule has 1 aromatic rings. The minimum absolute atomic E-state index is 0. The zero-order valence-electron chi connectivity index (χ0n) is 14.7. The van der Waals surface area contributed by atoms with Gasteiger partial charge in [-0.1, -0.05) is 13.8 Å². The first kappa shape index (κ1) is 21.7. The van der Waals surface area contributed by atoms with Crippen LogP contribution < -0.4 is 20.5 Å². The third kappa shape index (κ3) is 6.17. The summed E-state index contributed by atoms with van der Waals surface area (Å²) in [6.45, 7) is 5.46. The number of ether oxygens (including phenoxy) is 2. The maximum Gasteiger partial charge on any atom is 0.220 e. The normalized spacial score (nSPS) is 14.4. The number of nitrogens with two attached hydrogens (primary N) is 1. The van der Waals surface area contributed by atoms with E-state index in [1.165, 1.54) is 0 Å². The summed E-state index contributed by atoms with van der Waals surface area (Å²) in [5.41, 5.74) is 5.79. The predicted molar refractivity (Wildman–Crippen MR) is 101 cm³/mol. The minimum Gasteiger partial charge on any atom is -0.486 e. The van der Waals surface area contributed by atoms with Crippen molar-refractivity contribution in [2.45, 2.75) is 43.5 Å². The second-order valence-electron chi connectivity index (χ2n) is 5.95. The lowest BCUT2D eigenvalue weighted by atomic mass is 9.94. The molecule has 25 heavy (non-hydrogen) atoms. The zero-order valence-corrected chi connectivity index (χ0v) is 16.3. The molecule has 1 heterocycles. The molecule has 0 fully saturated rings. The average Bonchev–Trinajstić information content (AvgIpc) is 2.63. The first-order valence-electron chi connectivity index (χ1n) is 8.31. The van der Waals surface area contributed by atoms with Gasteiger partial charge in [-0.2, -0.15) is 0 Å². The molecule has 8 heteroatoms. The van der Waals surface area contributed by atoms with Crippen molar-refractivity contribution in [3.8, 4) is 11.5 Å². The van der Waals surface area contributed by atoms with E-state index in [0.29, 0.717) is 36.2 Å². The molecule has 1 atom stereocenters. The van der Waals surface area contributed by atoms with Crippen LogP contribution in [0, 0.1) is 0 Å². The number of carbonyl (C=O) groups excluding carboxylic acids is 1. The van der Waals surface area contributed by atoms with Crippen molar-refractivity contribution in [1.29, 1.82) is 0 Å². The van der Waals surface area contributed by atoms with Gasteiger partial charge in [-0.25, -0.2) is 0 Å². The summed E-state index contributed by atoms with van der Waals surface area (Å²) in [5.74, 6) is 1.41. The van der Waals surface area contributed by atoms with Gasteiger partial charge in [0.05, 0.1) is 10.8 Å². The van der Waals surface area contributed by atoms with E-state index in [9.17, 15) is 9.00 Å². The van der Waals surface area contributed by atoms with Crippen LogP contribution in [0.2, 0.25) is 0 Å². The van der Waals surface area contributed by atoms with Gasteiger partial charge in [0.1, 0.15) is 13.2 Å². The molecular formula is C17H27ClN2O4S. The topological polar surface area (TPSA) is 90.7 Å². The second kappa shape index (κ2) is 9.99. The SMILES string of the molecule is CCC(N)(CC)CNC(=O)CCS(=O)c1ccc2c(c1)OCCO2.Cl. The van der Waals surface area contributed by atoms with E-state index in [1.54, 1.807) is 18.2 Å². The third-order valence-corrected chi connectivity index (χ3v) is 5.69. The van der Waals surface area contributed by atoms with Crippen LogP contribution in [0.3, 0.4) is 0 Å². The Balaban J connectivity index is 0.00000312. The first-order valence-corrected chi connectivity index (χ1v) is 9.63. The molecule has 1 unspecified atom stereocenters. The number of benzene rings is 1. The number of carbonyl (C=O) groups is 1. The van der Waals surface area contributed by atoms with Crippen LogP contribution in [0.4, 0.5) is 0 Å². The van der Waals surface area contributed by atoms with Crippen LogP contribution in [-0.2, 0) is 15.6 Å². The Hall–Kier alpha value is -1.31. The van der Waals surface area contributed by atoms with Gasteiger partial charge in [-0.05, 0) is 25.0 Å². The van der Waals surface area contributed by atoms with E-state index >= 15 is 0 Å². The lowest BCUT2D eigenvalue weighted by molar-refractivity contribution is -0.120. The van der Waals surface area contributed by atoms with Crippen LogP contribution in [0.15, 0.2) is 23.1 Å². The van der Waals surface area contributed by atoms with Crippen LogP contribution >= 0.6 is 12.4 Å². The molecule has 142 valence electrons. The average molecular weight is 391 g/mol. The molecule has 0 radical (unpaired) electrons. The first-order chi connectivity index (χ1) is 11.5. The fraction of sp³-hybridized carbons (Fsp3) is 0.588. The summed E-state index contributed by atoms with van der Waals surface area (Å²) in [5, 5.41) is 2.84. The fourth-order valence-electron chi connectivity index (χ4n) is 2.33. The van der Waals surface area contributed by atoms with Gasteiger partial charge in [0.15, 0.2) is 11.5 Å². The molecular weight excluding hydrogens is 364 g/mol. The molecule has 0 bridgehead atoms. The smallest absolute Gasteiger partial charge is 0.220 e. The van der Waals surface area contributed by atoms with Crippen molar-refractivity contribution in [3.63, 3.8) is 0 Å². The van der Waals surface area contributed by atoms with E-state index in [0.717, 1.165) is 12.8 Å². The maximum absolute atomic E-state index is 12.4. The van der Waals surface area contributed by atoms with Crippen LogP contribution in [-0.4, -0.2) is 41.2 Å². The number of hydrogen-bond acceptors (Lipinski definition) is 5. The molecule has 0 saturated heterocycles. The lowest BCUT2D eigenvalue weighted by Crippen LogP contribution is -2.49. The number of fused-ring (bicyclic) bond motifs is 1. The van der Waals surface area contributed by atoms with Crippen molar-refractivity contribution in [3.05, 3.63) is 18.2 Å². The Morgan fingerprint density at radius 3 is 2.52 bits per heavy atom. The standard InChI is InChI=1S/C17H26N2O4S.ClH/c1-3-17(18,4-2)12-19-16(20)7-10-24(21)13-5-6-14-15(11-13)23-9-8-22-14;/h5-6,11H,3-4,7-10,12,18H2,1-2H3,(H,19,20);1H. The van der Waals surface area contributed by atoms with E-state index in [-0.39, 0.29) is 36.0 Å². The van der Waals surface area contributed by atoms with Gasteiger partial charge < -0.3 is 20.5 Å². The van der Waals surface area contributed by atoms with Crippen molar-refractivity contribution >= 4 is 29.1 Å². The van der Waals surface area contributed by atoms with E-state index in [1.807, 2.05) is 13.8 Å². The monoisotopic (exact) mass is 390 g/mol. The van der Waals surface area contributed by atoms with Crippen LogP contribution in [0.25, 0.3) is 0 Å². The highest BCUT2D eigenvalue weighted by atomic mass is 35.5. The van der Waals surface area contributed by atoms with Crippen molar-refractivity contribution < 1.29 is 18.5 Å². The molecule has 6 nitrogen and oxygen atoms in total. The Bertz CT molecular complexity index is 608. The fourth-order valence-corrected chi connectivity index (χ4v) is 3.40. The van der Waals surface area contributed by atoms with Crippen LogP contribution in [0.1, 0.15) is 33.1 Å². The molecule has 0 spiro atoms. The molecule has 2 rings (SSSR count).